The highest BCUT2D eigenvalue weighted by molar-refractivity contribution is 7.47. The number of phosphoric ester groups is 1. The van der Waals surface area contributed by atoms with Crippen molar-refractivity contribution < 1.29 is 18.5 Å². The minimum Gasteiger partial charge on any atom is -0.401 e. The molecule has 0 rings (SSSR count). The molecule has 64 valence electrons. The number of hydrogen-bond donors (Lipinski definition) is 1. The third kappa shape index (κ3) is 5.70. The second kappa shape index (κ2) is 3.60. The van der Waals surface area contributed by atoms with Crippen molar-refractivity contribution >= 4 is 7.82 Å². The standard InChI is InChI=1S/C6H11O4P/c1-5(2)9-11(7,8)10-6(3)4/h1,3H2,2,4H3,(H,7,8). The summed E-state index contributed by atoms with van der Waals surface area (Å²) in [5.74, 6) is 0.245. The molecule has 0 radical (unpaired) electrons. The van der Waals surface area contributed by atoms with Gasteiger partial charge >= 0.3 is 7.82 Å². The predicted molar refractivity (Wildman–Crippen MR) is 41.6 cm³/mol. The van der Waals surface area contributed by atoms with Gasteiger partial charge in [-0.2, -0.15) is 0 Å². The maximum Gasteiger partial charge on any atom is 0.584 e. The zero-order valence-electron chi connectivity index (χ0n) is 6.53. The van der Waals surface area contributed by atoms with Gasteiger partial charge in [-0.1, -0.05) is 13.2 Å². The Kier molecular flexibility index (Phi) is 3.36. The van der Waals surface area contributed by atoms with Crippen molar-refractivity contribution in [3.05, 3.63) is 24.7 Å². The first-order chi connectivity index (χ1) is 4.83. The van der Waals surface area contributed by atoms with Crippen molar-refractivity contribution in [2.75, 3.05) is 0 Å². The highest BCUT2D eigenvalue weighted by Crippen LogP contribution is 2.46. The lowest BCUT2D eigenvalue weighted by atomic mass is 10.7. The average Bonchev–Trinajstić information content (AvgIpc) is 1.53. The van der Waals surface area contributed by atoms with Gasteiger partial charge in [0.15, 0.2) is 0 Å². The van der Waals surface area contributed by atoms with E-state index in [4.69, 9.17) is 4.89 Å². The van der Waals surface area contributed by atoms with Crippen LogP contribution in [0.15, 0.2) is 24.7 Å². The van der Waals surface area contributed by atoms with Gasteiger partial charge in [0.2, 0.25) is 0 Å². The van der Waals surface area contributed by atoms with Gasteiger partial charge in [0.05, 0.1) is 11.5 Å². The van der Waals surface area contributed by atoms with E-state index in [1.165, 1.54) is 13.8 Å². The molecular weight excluding hydrogens is 167 g/mol. The Balaban J connectivity index is 4.12. The summed E-state index contributed by atoms with van der Waals surface area (Å²) >= 11 is 0. The smallest absolute Gasteiger partial charge is 0.401 e. The van der Waals surface area contributed by atoms with E-state index in [9.17, 15) is 4.57 Å². The largest absolute Gasteiger partial charge is 0.584 e. The molecule has 0 atom stereocenters. The zero-order chi connectivity index (χ0) is 9.07. The highest BCUT2D eigenvalue weighted by Gasteiger charge is 2.23. The number of allylic oxidation sites excluding steroid dienone is 2. The van der Waals surface area contributed by atoms with Gasteiger partial charge < -0.3 is 9.05 Å². The fourth-order valence-electron chi connectivity index (χ4n) is 0.412. The van der Waals surface area contributed by atoms with Crippen LogP contribution in [0.3, 0.4) is 0 Å². The van der Waals surface area contributed by atoms with Crippen molar-refractivity contribution in [3.63, 3.8) is 0 Å². The number of hydrogen-bond acceptors (Lipinski definition) is 3. The molecular formula is C6H11O4P. The third-order valence-electron chi connectivity index (χ3n) is 0.542. The van der Waals surface area contributed by atoms with Gasteiger partial charge in [0.25, 0.3) is 0 Å². The molecule has 0 aromatic heterocycles. The first kappa shape index (κ1) is 10.3. The highest BCUT2D eigenvalue weighted by atomic mass is 31.2. The monoisotopic (exact) mass is 178 g/mol. The maximum absolute atomic E-state index is 10.8. The quantitative estimate of drug-likeness (QED) is 0.529. The summed E-state index contributed by atoms with van der Waals surface area (Å²) in [7, 11) is -4.00. The molecule has 0 aliphatic rings. The Labute approximate surface area is 65.8 Å². The SMILES string of the molecule is C=C(C)OP(=O)(O)OC(=C)C. The molecule has 0 fully saturated rings. The minimum absolute atomic E-state index is 0.122. The summed E-state index contributed by atoms with van der Waals surface area (Å²) in [6.45, 7) is 9.47. The lowest BCUT2D eigenvalue weighted by Crippen LogP contribution is -1.90. The van der Waals surface area contributed by atoms with E-state index in [1.807, 2.05) is 0 Å². The molecule has 0 saturated carbocycles. The average molecular weight is 178 g/mol. The Hall–Kier alpha value is -0.730. The van der Waals surface area contributed by atoms with Crippen LogP contribution >= 0.6 is 7.82 Å². The molecule has 0 unspecified atom stereocenters. The first-order valence-electron chi connectivity index (χ1n) is 2.86. The summed E-state index contributed by atoms with van der Waals surface area (Å²) in [5.41, 5.74) is 0. The van der Waals surface area contributed by atoms with Crippen molar-refractivity contribution in [1.29, 1.82) is 0 Å². The molecule has 0 heterocycles. The molecule has 0 aliphatic heterocycles. The summed E-state index contributed by atoms with van der Waals surface area (Å²) in [5, 5.41) is 0. The van der Waals surface area contributed by atoms with Crippen molar-refractivity contribution in [2.24, 2.45) is 0 Å². The maximum atomic E-state index is 10.8. The van der Waals surface area contributed by atoms with Gasteiger partial charge in [-0.05, 0) is 13.8 Å². The Bertz CT molecular complexity index is 201. The van der Waals surface area contributed by atoms with E-state index >= 15 is 0 Å². The predicted octanol–water partition coefficient (Wildman–Crippen LogP) is 2.19. The molecule has 0 amide bonds. The fourth-order valence-corrected chi connectivity index (χ4v) is 1.24. The van der Waals surface area contributed by atoms with Crippen molar-refractivity contribution in [2.45, 2.75) is 13.8 Å². The molecule has 0 aromatic rings. The molecule has 1 N–H and O–H groups in total. The third-order valence-corrected chi connectivity index (χ3v) is 1.63. The van der Waals surface area contributed by atoms with Gasteiger partial charge in [-0.3, -0.25) is 4.89 Å². The van der Waals surface area contributed by atoms with Gasteiger partial charge in [-0.25, -0.2) is 4.57 Å². The Morgan fingerprint density at radius 1 is 1.27 bits per heavy atom. The molecule has 0 aliphatic carbocycles. The second-order valence-corrected chi connectivity index (χ2v) is 3.36. The van der Waals surface area contributed by atoms with Crippen molar-refractivity contribution in [3.8, 4) is 0 Å². The first-order valence-corrected chi connectivity index (χ1v) is 4.36. The summed E-state index contributed by atoms with van der Waals surface area (Å²) < 4.78 is 19.6. The minimum atomic E-state index is -4.00. The molecule has 0 spiro atoms. The van der Waals surface area contributed by atoms with Crippen LogP contribution in [0.1, 0.15) is 13.8 Å². The second-order valence-electron chi connectivity index (χ2n) is 2.06. The number of phosphoric acid groups is 1. The van der Waals surface area contributed by atoms with Gasteiger partial charge in [0, 0.05) is 0 Å². The lowest BCUT2D eigenvalue weighted by molar-refractivity contribution is 0.218. The molecule has 0 bridgehead atoms. The van der Waals surface area contributed by atoms with E-state index in [0.717, 1.165) is 0 Å². The van der Waals surface area contributed by atoms with E-state index in [-0.39, 0.29) is 11.5 Å². The topological polar surface area (TPSA) is 55.8 Å². The zero-order valence-corrected chi connectivity index (χ0v) is 7.43. The van der Waals surface area contributed by atoms with Crippen LogP contribution in [0.2, 0.25) is 0 Å². The van der Waals surface area contributed by atoms with E-state index in [2.05, 4.69) is 22.2 Å². The van der Waals surface area contributed by atoms with Crippen LogP contribution in [0.5, 0.6) is 0 Å². The summed E-state index contributed by atoms with van der Waals surface area (Å²) in [4.78, 5) is 8.84. The molecule has 11 heavy (non-hydrogen) atoms. The van der Waals surface area contributed by atoms with Crippen LogP contribution in [0, 0.1) is 0 Å². The van der Waals surface area contributed by atoms with Crippen LogP contribution in [0.4, 0.5) is 0 Å². The van der Waals surface area contributed by atoms with Gasteiger partial charge in [0.1, 0.15) is 0 Å². The van der Waals surface area contributed by atoms with E-state index in [1.54, 1.807) is 0 Å². The lowest BCUT2D eigenvalue weighted by Gasteiger charge is -2.12. The molecule has 4 nitrogen and oxygen atoms in total. The van der Waals surface area contributed by atoms with Crippen LogP contribution in [0.25, 0.3) is 0 Å². The van der Waals surface area contributed by atoms with E-state index < -0.39 is 7.82 Å². The van der Waals surface area contributed by atoms with Gasteiger partial charge in [-0.15, -0.1) is 0 Å². The Morgan fingerprint density at radius 3 is 1.73 bits per heavy atom. The summed E-state index contributed by atoms with van der Waals surface area (Å²) in [6, 6.07) is 0. The molecule has 0 aromatic carbocycles. The normalized spacial score (nSPS) is 10.5. The Morgan fingerprint density at radius 2 is 1.55 bits per heavy atom. The summed E-state index contributed by atoms with van der Waals surface area (Å²) in [6.07, 6.45) is 0. The number of rotatable bonds is 4. The molecule has 5 heteroatoms. The molecule has 0 saturated heterocycles. The van der Waals surface area contributed by atoms with E-state index in [0.29, 0.717) is 0 Å². The van der Waals surface area contributed by atoms with Crippen LogP contribution in [-0.4, -0.2) is 4.89 Å². The van der Waals surface area contributed by atoms with Crippen molar-refractivity contribution in [1.82, 2.24) is 0 Å². The van der Waals surface area contributed by atoms with Crippen LogP contribution in [-0.2, 0) is 13.6 Å². The van der Waals surface area contributed by atoms with Crippen LogP contribution < -0.4 is 0 Å². The fraction of sp³-hybridized carbons (Fsp3) is 0.333.